The number of nitrogens with zero attached hydrogens (tertiary/aromatic N) is 1. The van der Waals surface area contributed by atoms with Crippen LogP contribution in [0.3, 0.4) is 0 Å². The predicted molar refractivity (Wildman–Crippen MR) is 92.4 cm³/mol. The van der Waals surface area contributed by atoms with Crippen LogP contribution in [-0.2, 0) is 4.79 Å². The van der Waals surface area contributed by atoms with E-state index in [0.717, 1.165) is 16.7 Å². The van der Waals surface area contributed by atoms with E-state index >= 15 is 0 Å². The first kappa shape index (κ1) is 17.6. The molecular formula is C19H21NO4. The summed E-state index contributed by atoms with van der Waals surface area (Å²) in [5.41, 5.74) is 1.10. The Labute approximate surface area is 141 Å². The molecule has 2 rings (SSSR count). The second kappa shape index (κ2) is 6.76. The summed E-state index contributed by atoms with van der Waals surface area (Å²) in [4.78, 5) is 11.7. The molecule has 0 spiro atoms. The van der Waals surface area contributed by atoms with Crippen molar-refractivity contribution in [2.24, 2.45) is 0 Å². The highest BCUT2D eigenvalue weighted by Gasteiger charge is 2.21. The molecule has 1 aromatic carbocycles. The Kier molecular flexibility index (Phi) is 4.95. The molecule has 0 saturated carbocycles. The van der Waals surface area contributed by atoms with Crippen molar-refractivity contribution in [1.29, 1.82) is 0 Å². The molecular weight excluding hydrogens is 306 g/mol. The zero-order valence-corrected chi connectivity index (χ0v) is 13.9. The van der Waals surface area contributed by atoms with Crippen LogP contribution in [0.25, 0.3) is 6.08 Å². The highest BCUT2D eigenvalue weighted by Crippen LogP contribution is 2.26. The molecule has 0 heterocycles. The van der Waals surface area contributed by atoms with Gasteiger partial charge < -0.3 is 10.2 Å². The SMILES string of the molecule is CC(C)(C)N(O)/C=C1\C(O)=CC(=O)C=C1/C=C/c1ccc(O)cc1. The number of rotatable bonds is 3. The van der Waals surface area contributed by atoms with Gasteiger partial charge >= 0.3 is 0 Å². The van der Waals surface area contributed by atoms with Crippen molar-refractivity contribution in [3.05, 3.63) is 71.2 Å². The normalized spacial score (nSPS) is 17.2. The molecule has 0 aromatic heterocycles. The van der Waals surface area contributed by atoms with E-state index in [-0.39, 0.29) is 17.3 Å². The Bertz CT molecular complexity index is 747. The quantitative estimate of drug-likeness (QED) is 0.737. The molecule has 0 aliphatic heterocycles. The Morgan fingerprint density at radius 1 is 1.00 bits per heavy atom. The van der Waals surface area contributed by atoms with Gasteiger partial charge in [0.2, 0.25) is 0 Å². The summed E-state index contributed by atoms with van der Waals surface area (Å²) in [6, 6.07) is 6.57. The van der Waals surface area contributed by atoms with Crippen molar-refractivity contribution < 1.29 is 20.2 Å². The van der Waals surface area contributed by atoms with Crippen LogP contribution in [0, 0.1) is 0 Å². The number of hydrogen-bond acceptors (Lipinski definition) is 5. The smallest absolute Gasteiger partial charge is 0.182 e. The van der Waals surface area contributed by atoms with Crippen molar-refractivity contribution in [3.63, 3.8) is 0 Å². The number of hydroxylamine groups is 2. The number of ketones is 1. The Morgan fingerprint density at radius 3 is 2.21 bits per heavy atom. The van der Waals surface area contributed by atoms with Crippen LogP contribution >= 0.6 is 0 Å². The van der Waals surface area contributed by atoms with Crippen LogP contribution in [-0.4, -0.2) is 31.8 Å². The first-order valence-electron chi connectivity index (χ1n) is 7.51. The molecule has 24 heavy (non-hydrogen) atoms. The Hall–Kier alpha value is -2.79. The van der Waals surface area contributed by atoms with Crippen molar-refractivity contribution >= 4 is 11.9 Å². The molecule has 0 atom stereocenters. The Morgan fingerprint density at radius 2 is 1.62 bits per heavy atom. The van der Waals surface area contributed by atoms with Gasteiger partial charge in [-0.05, 0) is 50.1 Å². The van der Waals surface area contributed by atoms with E-state index in [1.807, 2.05) is 20.8 Å². The molecule has 0 radical (unpaired) electrons. The van der Waals surface area contributed by atoms with E-state index in [9.17, 15) is 20.2 Å². The third kappa shape index (κ3) is 4.36. The molecule has 0 saturated heterocycles. The predicted octanol–water partition coefficient (Wildman–Crippen LogP) is 3.73. The summed E-state index contributed by atoms with van der Waals surface area (Å²) in [5.74, 6) is -0.354. The number of aliphatic hydroxyl groups excluding tert-OH is 1. The highest BCUT2D eigenvalue weighted by atomic mass is 16.5. The minimum atomic E-state index is -0.555. The second-order valence-corrected chi connectivity index (χ2v) is 6.51. The number of carbonyl (C=O) groups is 1. The van der Waals surface area contributed by atoms with E-state index in [4.69, 9.17) is 0 Å². The summed E-state index contributed by atoms with van der Waals surface area (Å²) in [5, 5.41) is 30.5. The van der Waals surface area contributed by atoms with Gasteiger partial charge in [-0.2, -0.15) is 0 Å². The molecule has 0 unspecified atom stereocenters. The maximum absolute atomic E-state index is 11.7. The lowest BCUT2D eigenvalue weighted by Crippen LogP contribution is -2.34. The molecule has 126 valence electrons. The minimum Gasteiger partial charge on any atom is -0.508 e. The van der Waals surface area contributed by atoms with E-state index in [0.29, 0.717) is 11.1 Å². The third-order valence-corrected chi connectivity index (χ3v) is 3.45. The number of aromatic hydroxyl groups is 1. The van der Waals surface area contributed by atoms with Gasteiger partial charge in [-0.3, -0.25) is 15.1 Å². The molecule has 5 nitrogen and oxygen atoms in total. The fourth-order valence-electron chi connectivity index (χ4n) is 2.00. The second-order valence-electron chi connectivity index (χ2n) is 6.51. The van der Waals surface area contributed by atoms with Gasteiger partial charge in [-0.1, -0.05) is 24.3 Å². The van der Waals surface area contributed by atoms with Crippen LogP contribution < -0.4 is 0 Å². The summed E-state index contributed by atoms with van der Waals surface area (Å²) in [7, 11) is 0. The number of phenols is 1. The third-order valence-electron chi connectivity index (χ3n) is 3.45. The van der Waals surface area contributed by atoms with Crippen LogP contribution in [0.4, 0.5) is 0 Å². The number of aliphatic hydroxyl groups is 1. The number of carbonyl (C=O) groups excluding carboxylic acids is 1. The number of phenolic OH excluding ortho intramolecular Hbond substituents is 1. The number of allylic oxidation sites excluding steroid dienone is 4. The molecule has 0 fully saturated rings. The van der Waals surface area contributed by atoms with Gasteiger partial charge in [0.15, 0.2) is 5.78 Å². The van der Waals surface area contributed by atoms with Crippen molar-refractivity contribution in [3.8, 4) is 5.75 Å². The molecule has 5 heteroatoms. The van der Waals surface area contributed by atoms with Gasteiger partial charge in [-0.25, -0.2) is 0 Å². The highest BCUT2D eigenvalue weighted by molar-refractivity contribution is 6.03. The molecule has 1 aliphatic carbocycles. The summed E-state index contributed by atoms with van der Waals surface area (Å²) < 4.78 is 0. The number of hydrogen-bond donors (Lipinski definition) is 3. The lowest BCUT2D eigenvalue weighted by molar-refractivity contribution is -0.111. The fraction of sp³-hybridized carbons (Fsp3) is 0.211. The van der Waals surface area contributed by atoms with E-state index in [1.54, 1.807) is 36.4 Å². The zero-order chi connectivity index (χ0) is 17.9. The first-order valence-corrected chi connectivity index (χ1v) is 7.51. The van der Waals surface area contributed by atoms with Crippen LogP contribution in [0.15, 0.2) is 65.6 Å². The molecule has 0 amide bonds. The molecule has 1 aliphatic rings. The van der Waals surface area contributed by atoms with Crippen LogP contribution in [0.5, 0.6) is 5.75 Å². The van der Waals surface area contributed by atoms with Gasteiger partial charge in [0.1, 0.15) is 11.5 Å². The average Bonchev–Trinajstić information content (AvgIpc) is 2.48. The van der Waals surface area contributed by atoms with Gasteiger partial charge in [0.05, 0.1) is 5.54 Å². The number of benzene rings is 1. The van der Waals surface area contributed by atoms with Crippen LogP contribution in [0.2, 0.25) is 0 Å². The van der Waals surface area contributed by atoms with Crippen molar-refractivity contribution in [2.45, 2.75) is 26.3 Å². The molecule has 0 bridgehead atoms. The first-order chi connectivity index (χ1) is 11.2. The maximum Gasteiger partial charge on any atom is 0.182 e. The van der Waals surface area contributed by atoms with E-state index < -0.39 is 5.54 Å². The van der Waals surface area contributed by atoms with E-state index in [1.165, 1.54) is 12.3 Å². The summed E-state index contributed by atoms with van der Waals surface area (Å²) in [6.45, 7) is 5.44. The summed E-state index contributed by atoms with van der Waals surface area (Å²) in [6.07, 6.45) is 7.32. The van der Waals surface area contributed by atoms with Crippen molar-refractivity contribution in [2.75, 3.05) is 0 Å². The Balaban J connectivity index is 2.35. The molecule has 3 N–H and O–H groups in total. The van der Waals surface area contributed by atoms with Crippen LogP contribution in [0.1, 0.15) is 26.3 Å². The monoisotopic (exact) mass is 327 g/mol. The van der Waals surface area contributed by atoms with Crippen molar-refractivity contribution in [1.82, 2.24) is 5.06 Å². The molecule has 1 aromatic rings. The van der Waals surface area contributed by atoms with Gasteiger partial charge in [0.25, 0.3) is 0 Å². The lowest BCUT2D eigenvalue weighted by atomic mass is 9.96. The fourth-order valence-corrected chi connectivity index (χ4v) is 2.00. The maximum atomic E-state index is 11.7. The largest absolute Gasteiger partial charge is 0.508 e. The lowest BCUT2D eigenvalue weighted by Gasteiger charge is -2.29. The standard InChI is InChI=1S/C19H21NO4/c1-19(2,3)20(24)12-17-14(10-16(22)11-18(17)23)7-4-13-5-8-15(21)9-6-13/h4-12,21,23-24H,1-3H3/b7-4+,17-12-. The van der Waals surface area contributed by atoms with Gasteiger partial charge in [-0.15, -0.1) is 0 Å². The average molecular weight is 327 g/mol. The minimum absolute atomic E-state index is 0.168. The summed E-state index contributed by atoms with van der Waals surface area (Å²) >= 11 is 0. The topological polar surface area (TPSA) is 81.0 Å². The van der Waals surface area contributed by atoms with Gasteiger partial charge in [0, 0.05) is 17.8 Å². The van der Waals surface area contributed by atoms with E-state index in [2.05, 4.69) is 0 Å². The zero-order valence-electron chi connectivity index (χ0n) is 13.9.